The highest BCUT2D eigenvalue weighted by molar-refractivity contribution is 5.30. The monoisotopic (exact) mass is 259 g/mol. The van der Waals surface area contributed by atoms with Crippen molar-refractivity contribution in [1.29, 1.82) is 0 Å². The molecule has 4 heteroatoms. The molecule has 0 aliphatic rings. The minimum Gasteiger partial charge on any atom is -0.497 e. The summed E-state index contributed by atoms with van der Waals surface area (Å²) < 4.78 is 7.16. The number of rotatable bonds is 6. The molecule has 1 atom stereocenters. The summed E-state index contributed by atoms with van der Waals surface area (Å²) in [4.78, 5) is 0. The van der Waals surface area contributed by atoms with E-state index in [1.807, 2.05) is 30.1 Å². The van der Waals surface area contributed by atoms with Crippen molar-refractivity contribution in [3.05, 3.63) is 47.8 Å². The fourth-order valence-electron chi connectivity index (χ4n) is 2.09. The Morgan fingerprint density at radius 2 is 2.21 bits per heavy atom. The number of aromatic nitrogens is 2. The van der Waals surface area contributed by atoms with Gasteiger partial charge in [0.15, 0.2) is 0 Å². The number of benzene rings is 1. The van der Waals surface area contributed by atoms with Gasteiger partial charge in [-0.1, -0.05) is 12.1 Å². The molecule has 0 fully saturated rings. The predicted octanol–water partition coefficient (Wildman–Crippen LogP) is 2.32. The van der Waals surface area contributed by atoms with Gasteiger partial charge in [0.1, 0.15) is 5.75 Å². The smallest absolute Gasteiger partial charge is 0.119 e. The average molecular weight is 259 g/mol. The summed E-state index contributed by atoms with van der Waals surface area (Å²) in [5.41, 5.74) is 2.48. The van der Waals surface area contributed by atoms with Crippen LogP contribution in [0.1, 0.15) is 24.2 Å². The maximum atomic E-state index is 5.24. The molecule has 102 valence electrons. The van der Waals surface area contributed by atoms with Crippen molar-refractivity contribution in [1.82, 2.24) is 15.1 Å². The zero-order valence-corrected chi connectivity index (χ0v) is 11.8. The third-order valence-electron chi connectivity index (χ3n) is 3.35. The van der Waals surface area contributed by atoms with Crippen molar-refractivity contribution in [2.75, 3.05) is 13.7 Å². The molecule has 0 saturated heterocycles. The molecule has 4 nitrogen and oxygen atoms in total. The number of hydrogen-bond donors (Lipinski definition) is 1. The molecular formula is C15H21N3O. The van der Waals surface area contributed by atoms with E-state index in [9.17, 15) is 0 Å². The van der Waals surface area contributed by atoms with Crippen molar-refractivity contribution in [3.63, 3.8) is 0 Å². The topological polar surface area (TPSA) is 39.1 Å². The highest BCUT2D eigenvalue weighted by Crippen LogP contribution is 2.18. The minimum absolute atomic E-state index is 0.309. The van der Waals surface area contributed by atoms with E-state index in [-0.39, 0.29) is 0 Å². The number of nitrogens with one attached hydrogen (secondary N) is 1. The van der Waals surface area contributed by atoms with E-state index in [0.717, 1.165) is 18.7 Å². The molecule has 0 spiro atoms. The summed E-state index contributed by atoms with van der Waals surface area (Å²) >= 11 is 0. The molecule has 0 bridgehead atoms. The molecule has 2 rings (SSSR count). The number of hydrogen-bond acceptors (Lipinski definition) is 3. The van der Waals surface area contributed by atoms with Gasteiger partial charge in [0.2, 0.25) is 0 Å². The molecule has 1 heterocycles. The molecule has 0 unspecified atom stereocenters. The second-order valence-corrected chi connectivity index (χ2v) is 4.65. The average Bonchev–Trinajstić information content (AvgIpc) is 2.84. The van der Waals surface area contributed by atoms with Crippen LogP contribution in [0.5, 0.6) is 5.75 Å². The van der Waals surface area contributed by atoms with Gasteiger partial charge in [0.05, 0.1) is 7.11 Å². The van der Waals surface area contributed by atoms with Crippen molar-refractivity contribution < 1.29 is 4.74 Å². The Morgan fingerprint density at radius 3 is 2.89 bits per heavy atom. The number of nitrogens with zero attached hydrogens (tertiary/aromatic N) is 2. The van der Waals surface area contributed by atoms with E-state index in [1.54, 1.807) is 7.11 Å². The summed E-state index contributed by atoms with van der Waals surface area (Å²) in [6, 6.07) is 10.5. The molecule has 0 aliphatic carbocycles. The summed E-state index contributed by atoms with van der Waals surface area (Å²) in [7, 11) is 3.67. The van der Waals surface area contributed by atoms with E-state index in [2.05, 4.69) is 35.5 Å². The second-order valence-electron chi connectivity index (χ2n) is 4.65. The maximum Gasteiger partial charge on any atom is 0.119 e. The van der Waals surface area contributed by atoms with Crippen LogP contribution >= 0.6 is 0 Å². The summed E-state index contributed by atoms with van der Waals surface area (Å²) in [5, 5.41) is 7.69. The Labute approximate surface area is 114 Å². The fraction of sp³-hybridized carbons (Fsp3) is 0.400. The van der Waals surface area contributed by atoms with Crippen LogP contribution in [0.15, 0.2) is 36.5 Å². The van der Waals surface area contributed by atoms with Gasteiger partial charge >= 0.3 is 0 Å². The summed E-state index contributed by atoms with van der Waals surface area (Å²) in [6.45, 7) is 3.09. The van der Waals surface area contributed by atoms with Crippen molar-refractivity contribution in [2.24, 2.45) is 7.05 Å². The Morgan fingerprint density at radius 1 is 1.37 bits per heavy atom. The van der Waals surface area contributed by atoms with E-state index in [1.165, 1.54) is 11.3 Å². The van der Waals surface area contributed by atoms with Gasteiger partial charge in [0.25, 0.3) is 0 Å². The minimum atomic E-state index is 0.309. The highest BCUT2D eigenvalue weighted by Gasteiger charge is 2.06. The van der Waals surface area contributed by atoms with Crippen LogP contribution in [0.4, 0.5) is 0 Å². The summed E-state index contributed by atoms with van der Waals surface area (Å²) in [6.07, 6.45) is 2.81. The molecule has 0 aliphatic heterocycles. The standard InChI is InChI=1S/C15H21N3O/c1-12(13-5-4-6-15(11-13)19-3)16-9-7-14-8-10-17-18(14)2/h4-6,8,10-12,16H,7,9H2,1-3H3/t12-/m1/s1. The first-order valence-corrected chi connectivity index (χ1v) is 6.55. The first-order valence-electron chi connectivity index (χ1n) is 6.55. The van der Waals surface area contributed by atoms with Crippen LogP contribution in [-0.2, 0) is 13.5 Å². The molecule has 1 N–H and O–H groups in total. The lowest BCUT2D eigenvalue weighted by molar-refractivity contribution is 0.413. The van der Waals surface area contributed by atoms with Crippen LogP contribution in [0.25, 0.3) is 0 Å². The first-order chi connectivity index (χ1) is 9.20. The van der Waals surface area contributed by atoms with E-state index in [4.69, 9.17) is 4.74 Å². The molecule has 1 aromatic carbocycles. The van der Waals surface area contributed by atoms with Gasteiger partial charge in [0, 0.05) is 37.9 Å². The van der Waals surface area contributed by atoms with Crippen LogP contribution in [0.3, 0.4) is 0 Å². The maximum absolute atomic E-state index is 5.24. The van der Waals surface area contributed by atoms with E-state index < -0.39 is 0 Å². The number of aryl methyl sites for hydroxylation is 1. The highest BCUT2D eigenvalue weighted by atomic mass is 16.5. The number of ether oxygens (including phenoxy) is 1. The van der Waals surface area contributed by atoms with Gasteiger partial charge in [-0.15, -0.1) is 0 Å². The molecule has 1 aromatic heterocycles. The molecular weight excluding hydrogens is 238 g/mol. The zero-order chi connectivity index (χ0) is 13.7. The Balaban J connectivity index is 1.87. The van der Waals surface area contributed by atoms with Gasteiger partial charge in [-0.2, -0.15) is 5.10 Å². The van der Waals surface area contributed by atoms with Crippen LogP contribution in [-0.4, -0.2) is 23.4 Å². The molecule has 2 aromatic rings. The molecule has 0 saturated carbocycles. The third-order valence-corrected chi connectivity index (χ3v) is 3.35. The van der Waals surface area contributed by atoms with E-state index >= 15 is 0 Å². The third kappa shape index (κ3) is 3.58. The van der Waals surface area contributed by atoms with Gasteiger partial charge in [-0.3, -0.25) is 4.68 Å². The quantitative estimate of drug-likeness (QED) is 0.865. The lowest BCUT2D eigenvalue weighted by Gasteiger charge is -2.15. The van der Waals surface area contributed by atoms with Crippen LogP contribution in [0.2, 0.25) is 0 Å². The van der Waals surface area contributed by atoms with Crippen LogP contribution in [0, 0.1) is 0 Å². The Hall–Kier alpha value is -1.81. The summed E-state index contributed by atoms with van der Waals surface area (Å²) in [5.74, 6) is 0.901. The molecule has 0 radical (unpaired) electrons. The SMILES string of the molecule is COc1cccc([C@@H](C)NCCc2ccnn2C)c1. The zero-order valence-electron chi connectivity index (χ0n) is 11.8. The molecule has 19 heavy (non-hydrogen) atoms. The van der Waals surface area contributed by atoms with E-state index in [0.29, 0.717) is 6.04 Å². The fourth-order valence-corrected chi connectivity index (χ4v) is 2.09. The van der Waals surface area contributed by atoms with Crippen LogP contribution < -0.4 is 10.1 Å². The van der Waals surface area contributed by atoms with Crippen molar-refractivity contribution >= 4 is 0 Å². The first kappa shape index (κ1) is 13.6. The normalized spacial score (nSPS) is 12.4. The Kier molecular flexibility index (Phi) is 4.58. The van der Waals surface area contributed by atoms with Gasteiger partial charge in [-0.05, 0) is 30.7 Å². The van der Waals surface area contributed by atoms with Gasteiger partial charge in [-0.25, -0.2) is 0 Å². The predicted molar refractivity (Wildman–Crippen MR) is 76.3 cm³/mol. The lowest BCUT2D eigenvalue weighted by Crippen LogP contribution is -2.22. The lowest BCUT2D eigenvalue weighted by atomic mass is 10.1. The van der Waals surface area contributed by atoms with Crippen molar-refractivity contribution in [3.8, 4) is 5.75 Å². The largest absolute Gasteiger partial charge is 0.497 e. The van der Waals surface area contributed by atoms with Crippen molar-refractivity contribution in [2.45, 2.75) is 19.4 Å². The second kappa shape index (κ2) is 6.38. The number of methoxy groups -OCH3 is 1. The van der Waals surface area contributed by atoms with Gasteiger partial charge < -0.3 is 10.1 Å². The molecule has 0 amide bonds. The Bertz CT molecular complexity index is 522.